The Bertz CT molecular complexity index is 1370. The molecule has 0 unspecified atom stereocenters. The monoisotopic (exact) mass is 571 g/mol. The van der Waals surface area contributed by atoms with Crippen molar-refractivity contribution in [3.63, 3.8) is 0 Å². The molecule has 3 aromatic rings. The van der Waals surface area contributed by atoms with Crippen LogP contribution >= 0.6 is 11.6 Å². The Hall–Kier alpha value is -3.56. The minimum Gasteiger partial charge on any atom is -0.495 e. The lowest BCUT2D eigenvalue weighted by atomic mass is 10.0. The molecule has 0 aliphatic heterocycles. The van der Waals surface area contributed by atoms with E-state index in [1.165, 1.54) is 23.4 Å². The molecule has 0 heterocycles. The van der Waals surface area contributed by atoms with Gasteiger partial charge in [-0.3, -0.25) is 13.9 Å². The quantitative estimate of drug-likeness (QED) is 0.330. The van der Waals surface area contributed by atoms with E-state index in [9.17, 15) is 18.0 Å². The van der Waals surface area contributed by atoms with Crippen molar-refractivity contribution in [2.24, 2.45) is 0 Å². The zero-order valence-electron chi connectivity index (χ0n) is 22.3. The van der Waals surface area contributed by atoms with Gasteiger partial charge in [0, 0.05) is 38.0 Å². The van der Waals surface area contributed by atoms with Gasteiger partial charge in [-0.25, -0.2) is 8.42 Å². The van der Waals surface area contributed by atoms with Crippen molar-refractivity contribution in [2.75, 3.05) is 31.3 Å². The van der Waals surface area contributed by atoms with Crippen LogP contribution in [-0.4, -0.2) is 58.1 Å². The minimum absolute atomic E-state index is 0.0217. The largest absolute Gasteiger partial charge is 0.495 e. The lowest BCUT2D eigenvalue weighted by Gasteiger charge is -2.32. The van der Waals surface area contributed by atoms with Crippen LogP contribution in [0.2, 0.25) is 5.02 Å². The number of sulfonamides is 1. The van der Waals surface area contributed by atoms with E-state index in [1.807, 2.05) is 42.5 Å². The summed E-state index contributed by atoms with van der Waals surface area (Å²) in [5.74, 6) is -0.170. The van der Waals surface area contributed by atoms with E-state index in [4.69, 9.17) is 16.3 Å². The molecule has 0 aromatic heterocycles. The third-order valence-corrected chi connectivity index (χ3v) is 7.87. The van der Waals surface area contributed by atoms with E-state index in [0.717, 1.165) is 11.8 Å². The highest BCUT2D eigenvalue weighted by molar-refractivity contribution is 7.92. The van der Waals surface area contributed by atoms with E-state index in [-0.39, 0.29) is 37.7 Å². The van der Waals surface area contributed by atoms with Gasteiger partial charge in [0.05, 0.1) is 19.1 Å². The van der Waals surface area contributed by atoms with Gasteiger partial charge >= 0.3 is 0 Å². The molecule has 0 spiro atoms. The lowest BCUT2D eigenvalue weighted by molar-refractivity contribution is -0.141. The number of ether oxygens (including phenoxy) is 1. The SMILES string of the molecule is CNC(=O)[C@H](Cc1ccccc1)N(Cc1ccccc1Cl)C(=O)CCCN(c1ccccc1OC)S(C)(=O)=O. The van der Waals surface area contributed by atoms with Crippen molar-refractivity contribution in [1.82, 2.24) is 10.2 Å². The number of nitrogens with zero attached hydrogens (tertiary/aromatic N) is 2. The summed E-state index contributed by atoms with van der Waals surface area (Å²) in [6.45, 7) is 0.194. The number of amides is 2. The number of hydrogen-bond acceptors (Lipinski definition) is 5. The van der Waals surface area contributed by atoms with E-state index >= 15 is 0 Å². The molecule has 1 atom stereocenters. The standard InChI is InChI=1S/C29H34ClN3O5S/c1-31-29(35)26(20-22-12-5-4-6-13-22)32(21-23-14-7-8-15-24(23)30)28(34)18-11-19-33(39(3,36)37)25-16-9-10-17-27(25)38-2/h4-10,12-17,26H,11,18-21H2,1-3H3,(H,31,35)/t26-/m0/s1. The van der Waals surface area contributed by atoms with E-state index in [1.54, 1.807) is 36.4 Å². The average molecular weight is 572 g/mol. The summed E-state index contributed by atoms with van der Waals surface area (Å²) in [5, 5.41) is 3.17. The number of nitrogens with one attached hydrogen (secondary N) is 1. The van der Waals surface area contributed by atoms with Crippen LogP contribution in [0.15, 0.2) is 78.9 Å². The zero-order chi connectivity index (χ0) is 28.4. The van der Waals surface area contributed by atoms with E-state index < -0.39 is 16.1 Å². The molecular weight excluding hydrogens is 538 g/mol. The topological polar surface area (TPSA) is 96.0 Å². The highest BCUT2D eigenvalue weighted by Gasteiger charge is 2.30. The number of benzene rings is 3. The third-order valence-electron chi connectivity index (χ3n) is 6.32. The Morgan fingerprint density at radius 2 is 1.62 bits per heavy atom. The maximum atomic E-state index is 13.7. The molecule has 10 heteroatoms. The van der Waals surface area contributed by atoms with Crippen molar-refractivity contribution in [1.29, 1.82) is 0 Å². The first-order valence-corrected chi connectivity index (χ1v) is 14.8. The van der Waals surface area contributed by atoms with Crippen molar-refractivity contribution in [3.8, 4) is 5.75 Å². The Balaban J connectivity index is 1.87. The molecule has 0 aliphatic carbocycles. The first-order valence-electron chi connectivity index (χ1n) is 12.5. The lowest BCUT2D eigenvalue weighted by Crippen LogP contribution is -2.49. The Kier molecular flexibility index (Phi) is 10.8. The van der Waals surface area contributed by atoms with E-state index in [2.05, 4.69) is 5.32 Å². The number of anilines is 1. The fourth-order valence-electron chi connectivity index (χ4n) is 4.35. The van der Waals surface area contributed by atoms with Gasteiger partial charge in [-0.2, -0.15) is 0 Å². The molecule has 0 radical (unpaired) electrons. The smallest absolute Gasteiger partial charge is 0.242 e. The summed E-state index contributed by atoms with van der Waals surface area (Å²) in [4.78, 5) is 28.3. The maximum Gasteiger partial charge on any atom is 0.242 e. The second-order valence-corrected chi connectivity index (χ2v) is 11.4. The van der Waals surface area contributed by atoms with Gasteiger partial charge in [0.25, 0.3) is 0 Å². The number of rotatable bonds is 13. The van der Waals surface area contributed by atoms with Gasteiger partial charge in [-0.15, -0.1) is 0 Å². The average Bonchev–Trinajstić information content (AvgIpc) is 2.93. The van der Waals surface area contributed by atoms with Crippen LogP contribution in [0.3, 0.4) is 0 Å². The van der Waals surface area contributed by atoms with Crippen LogP contribution in [-0.2, 0) is 32.6 Å². The Morgan fingerprint density at radius 3 is 2.26 bits per heavy atom. The fraction of sp³-hybridized carbons (Fsp3) is 0.310. The number of methoxy groups -OCH3 is 1. The molecular formula is C29H34ClN3O5S. The summed E-state index contributed by atoms with van der Waals surface area (Å²) >= 11 is 6.42. The number of carbonyl (C=O) groups is 2. The normalized spacial score (nSPS) is 11.9. The Labute approximate surface area is 235 Å². The number of carbonyl (C=O) groups excluding carboxylic acids is 2. The van der Waals surface area contributed by atoms with Gasteiger partial charge in [0.1, 0.15) is 11.8 Å². The number of likely N-dealkylation sites (N-methyl/N-ethyl adjacent to an activating group) is 1. The van der Waals surface area contributed by atoms with Crippen LogP contribution in [0.25, 0.3) is 0 Å². The highest BCUT2D eigenvalue weighted by Crippen LogP contribution is 2.30. The first kappa shape index (κ1) is 30.0. The van der Waals surface area contributed by atoms with Crippen molar-refractivity contribution in [3.05, 3.63) is 95.0 Å². The molecule has 3 rings (SSSR count). The molecule has 0 saturated carbocycles. The summed E-state index contributed by atoms with van der Waals surface area (Å²) in [5.41, 5.74) is 2.01. The molecule has 0 saturated heterocycles. The molecule has 208 valence electrons. The number of halogens is 1. The first-order chi connectivity index (χ1) is 18.7. The van der Waals surface area contributed by atoms with Gasteiger partial charge in [-0.05, 0) is 35.7 Å². The van der Waals surface area contributed by atoms with E-state index in [0.29, 0.717) is 28.4 Å². The Morgan fingerprint density at radius 1 is 0.974 bits per heavy atom. The van der Waals surface area contributed by atoms with Crippen molar-refractivity contribution >= 4 is 39.1 Å². The number of para-hydroxylation sites is 2. The van der Waals surface area contributed by atoms with Crippen LogP contribution in [0.5, 0.6) is 5.75 Å². The summed E-state index contributed by atoms with van der Waals surface area (Å²) in [6.07, 6.45) is 1.68. The zero-order valence-corrected chi connectivity index (χ0v) is 23.9. The van der Waals surface area contributed by atoms with Gasteiger partial charge in [0.2, 0.25) is 21.8 Å². The molecule has 0 aliphatic rings. The molecule has 0 fully saturated rings. The van der Waals surface area contributed by atoms with Crippen LogP contribution in [0, 0.1) is 0 Å². The summed E-state index contributed by atoms with van der Waals surface area (Å²) in [7, 11) is -0.640. The maximum absolute atomic E-state index is 13.7. The fourth-order valence-corrected chi connectivity index (χ4v) is 5.51. The molecule has 1 N–H and O–H groups in total. The van der Waals surface area contributed by atoms with Crippen LogP contribution < -0.4 is 14.4 Å². The number of hydrogen-bond donors (Lipinski definition) is 1. The molecule has 3 aromatic carbocycles. The third kappa shape index (κ3) is 8.21. The van der Waals surface area contributed by atoms with Gasteiger partial charge < -0.3 is 15.0 Å². The second kappa shape index (κ2) is 14.0. The van der Waals surface area contributed by atoms with Crippen molar-refractivity contribution < 1.29 is 22.7 Å². The highest BCUT2D eigenvalue weighted by atomic mass is 35.5. The predicted octanol–water partition coefficient (Wildman–Crippen LogP) is 4.28. The summed E-state index contributed by atoms with van der Waals surface area (Å²) in [6, 6.07) is 22.7. The predicted molar refractivity (Wildman–Crippen MR) is 154 cm³/mol. The summed E-state index contributed by atoms with van der Waals surface area (Å²) < 4.78 is 31.9. The minimum atomic E-state index is -3.65. The molecule has 2 amide bonds. The van der Waals surface area contributed by atoms with Gasteiger partial charge in [-0.1, -0.05) is 72.3 Å². The van der Waals surface area contributed by atoms with Crippen LogP contribution in [0.1, 0.15) is 24.0 Å². The van der Waals surface area contributed by atoms with Gasteiger partial charge in [0.15, 0.2) is 0 Å². The van der Waals surface area contributed by atoms with Crippen LogP contribution in [0.4, 0.5) is 5.69 Å². The molecule has 8 nitrogen and oxygen atoms in total. The molecule has 39 heavy (non-hydrogen) atoms. The molecule has 0 bridgehead atoms. The van der Waals surface area contributed by atoms with Crippen molar-refractivity contribution in [2.45, 2.75) is 31.8 Å². The second-order valence-electron chi connectivity index (χ2n) is 9.04.